The van der Waals surface area contributed by atoms with Gasteiger partial charge in [0, 0.05) is 11.2 Å². The first-order valence-electron chi connectivity index (χ1n) is 5.53. The number of hydrogen-bond acceptors (Lipinski definition) is 1. The van der Waals surface area contributed by atoms with Gasteiger partial charge in [0.25, 0.3) is 0 Å². The van der Waals surface area contributed by atoms with Gasteiger partial charge >= 0.3 is 0 Å². The summed E-state index contributed by atoms with van der Waals surface area (Å²) in [5.41, 5.74) is 2.75. The summed E-state index contributed by atoms with van der Waals surface area (Å²) in [6.45, 7) is 3.00. The maximum atomic E-state index is 5.78. The van der Waals surface area contributed by atoms with Gasteiger partial charge in [-0.1, -0.05) is 45.8 Å². The van der Waals surface area contributed by atoms with Gasteiger partial charge in [-0.2, -0.15) is 0 Å². The van der Waals surface area contributed by atoms with Gasteiger partial charge in [-0.15, -0.1) is 0 Å². The van der Waals surface area contributed by atoms with Gasteiger partial charge in [0.1, 0.15) is 0 Å². The zero-order chi connectivity index (χ0) is 10.7. The molecule has 0 N–H and O–H groups in total. The Bertz CT molecular complexity index is 299. The van der Waals surface area contributed by atoms with Crippen molar-refractivity contribution in [1.82, 2.24) is 0 Å². The Hall–Kier alpha value is -0.340. The van der Waals surface area contributed by atoms with Crippen LogP contribution in [-0.2, 0) is 4.74 Å². The summed E-state index contributed by atoms with van der Waals surface area (Å²) in [6.07, 6.45) is 2.84. The predicted molar refractivity (Wildman–Crippen MR) is 66.7 cm³/mol. The molecule has 0 saturated carbocycles. The lowest BCUT2D eigenvalue weighted by molar-refractivity contribution is 0.0191. The van der Waals surface area contributed by atoms with Crippen LogP contribution in [-0.4, -0.2) is 18.0 Å². The quantitative estimate of drug-likeness (QED) is 0.744. The number of halogens is 1. The molecule has 0 aromatic heterocycles. The minimum atomic E-state index is 0.423. The Morgan fingerprint density at radius 1 is 1.27 bits per heavy atom. The summed E-state index contributed by atoms with van der Waals surface area (Å²) in [5.74, 6) is 0.598. The lowest BCUT2D eigenvalue weighted by atomic mass is 9.91. The van der Waals surface area contributed by atoms with Crippen LogP contribution in [0, 0.1) is 6.92 Å². The summed E-state index contributed by atoms with van der Waals surface area (Å²) < 4.78 is 5.78. The summed E-state index contributed by atoms with van der Waals surface area (Å²) >= 11 is 3.47. The third-order valence-electron chi connectivity index (χ3n) is 3.09. The molecule has 15 heavy (non-hydrogen) atoms. The highest BCUT2D eigenvalue weighted by Gasteiger charge is 2.21. The van der Waals surface area contributed by atoms with Crippen molar-refractivity contribution in [2.75, 3.05) is 11.9 Å². The molecular formula is C13H17BrO. The van der Waals surface area contributed by atoms with Crippen LogP contribution in [0.2, 0.25) is 0 Å². The topological polar surface area (TPSA) is 9.23 Å². The molecule has 1 fully saturated rings. The van der Waals surface area contributed by atoms with E-state index < -0.39 is 0 Å². The SMILES string of the molecule is Cc1ccc([C@H]2CC[C@@H](CBr)OC2)cc1. The van der Waals surface area contributed by atoms with Gasteiger partial charge in [-0.05, 0) is 25.3 Å². The number of rotatable bonds is 2. The van der Waals surface area contributed by atoms with Crippen LogP contribution in [0.4, 0.5) is 0 Å². The van der Waals surface area contributed by atoms with Crippen molar-refractivity contribution in [3.63, 3.8) is 0 Å². The van der Waals surface area contributed by atoms with E-state index in [4.69, 9.17) is 4.74 Å². The second kappa shape index (κ2) is 5.13. The first kappa shape index (κ1) is 11.2. The second-order valence-electron chi connectivity index (χ2n) is 4.29. The molecule has 0 bridgehead atoms. The van der Waals surface area contributed by atoms with Gasteiger partial charge < -0.3 is 4.74 Å². The van der Waals surface area contributed by atoms with E-state index in [1.807, 2.05) is 0 Å². The molecule has 1 aromatic carbocycles. The fraction of sp³-hybridized carbons (Fsp3) is 0.538. The summed E-state index contributed by atoms with van der Waals surface area (Å²) in [4.78, 5) is 0. The van der Waals surface area contributed by atoms with Gasteiger partial charge in [0.2, 0.25) is 0 Å². The molecule has 1 heterocycles. The Kier molecular flexibility index (Phi) is 3.81. The maximum absolute atomic E-state index is 5.78. The lowest BCUT2D eigenvalue weighted by Crippen LogP contribution is -2.25. The van der Waals surface area contributed by atoms with E-state index in [-0.39, 0.29) is 0 Å². The van der Waals surface area contributed by atoms with Crippen LogP contribution in [0.25, 0.3) is 0 Å². The highest BCUT2D eigenvalue weighted by molar-refractivity contribution is 9.09. The molecule has 2 rings (SSSR count). The molecule has 2 atom stereocenters. The Morgan fingerprint density at radius 3 is 2.53 bits per heavy atom. The van der Waals surface area contributed by atoms with Gasteiger partial charge in [0.15, 0.2) is 0 Å². The molecule has 0 unspecified atom stereocenters. The summed E-state index contributed by atoms with van der Waals surface area (Å²) in [5, 5.41) is 0.966. The van der Waals surface area contributed by atoms with Gasteiger partial charge in [-0.25, -0.2) is 0 Å². The Balaban J connectivity index is 1.98. The standard InChI is InChI=1S/C13H17BrO/c1-10-2-4-11(5-3-10)12-6-7-13(8-14)15-9-12/h2-5,12-13H,6-9H2,1H3/t12-,13-/m0/s1. The van der Waals surface area contributed by atoms with Gasteiger partial charge in [-0.3, -0.25) is 0 Å². The van der Waals surface area contributed by atoms with E-state index in [2.05, 4.69) is 47.1 Å². The molecule has 1 aliphatic heterocycles. The van der Waals surface area contributed by atoms with Crippen LogP contribution in [0.1, 0.15) is 29.9 Å². The van der Waals surface area contributed by atoms with E-state index in [9.17, 15) is 0 Å². The van der Waals surface area contributed by atoms with E-state index in [0.717, 1.165) is 11.9 Å². The second-order valence-corrected chi connectivity index (χ2v) is 4.94. The third-order valence-corrected chi connectivity index (χ3v) is 3.81. The number of benzene rings is 1. The van der Waals surface area contributed by atoms with E-state index in [1.165, 1.54) is 24.0 Å². The first-order valence-corrected chi connectivity index (χ1v) is 6.66. The summed E-state index contributed by atoms with van der Waals surface area (Å²) in [6, 6.07) is 8.84. The van der Waals surface area contributed by atoms with Crippen molar-refractivity contribution in [2.45, 2.75) is 31.8 Å². The highest BCUT2D eigenvalue weighted by atomic mass is 79.9. The van der Waals surface area contributed by atoms with Crippen molar-refractivity contribution in [3.8, 4) is 0 Å². The Labute approximate surface area is 100.0 Å². The van der Waals surface area contributed by atoms with Crippen molar-refractivity contribution in [3.05, 3.63) is 35.4 Å². The average molecular weight is 269 g/mol. The van der Waals surface area contributed by atoms with E-state index in [0.29, 0.717) is 12.0 Å². The van der Waals surface area contributed by atoms with Crippen LogP contribution >= 0.6 is 15.9 Å². The summed E-state index contributed by atoms with van der Waals surface area (Å²) in [7, 11) is 0. The fourth-order valence-electron chi connectivity index (χ4n) is 2.03. The average Bonchev–Trinajstić information content (AvgIpc) is 2.30. The molecule has 1 saturated heterocycles. The number of ether oxygens (including phenoxy) is 1. The van der Waals surface area contributed by atoms with Crippen LogP contribution in [0.15, 0.2) is 24.3 Å². The molecule has 1 aromatic rings. The normalized spacial score (nSPS) is 26.5. The zero-order valence-electron chi connectivity index (χ0n) is 9.08. The molecule has 0 aliphatic carbocycles. The number of hydrogen-bond donors (Lipinski definition) is 0. The minimum Gasteiger partial charge on any atom is -0.377 e. The molecule has 2 heteroatoms. The molecular weight excluding hydrogens is 252 g/mol. The first-order chi connectivity index (χ1) is 7.29. The van der Waals surface area contributed by atoms with Crippen LogP contribution < -0.4 is 0 Å². The number of alkyl halides is 1. The molecule has 1 nitrogen and oxygen atoms in total. The molecule has 82 valence electrons. The van der Waals surface area contributed by atoms with Crippen molar-refractivity contribution in [1.29, 1.82) is 0 Å². The van der Waals surface area contributed by atoms with Crippen molar-refractivity contribution in [2.24, 2.45) is 0 Å². The predicted octanol–water partition coefficient (Wildman–Crippen LogP) is 3.65. The third kappa shape index (κ3) is 2.82. The Morgan fingerprint density at radius 2 is 2.00 bits per heavy atom. The fourth-order valence-corrected chi connectivity index (χ4v) is 2.54. The smallest absolute Gasteiger partial charge is 0.0672 e. The van der Waals surface area contributed by atoms with Crippen LogP contribution in [0.5, 0.6) is 0 Å². The van der Waals surface area contributed by atoms with Gasteiger partial charge in [0.05, 0.1) is 12.7 Å². The van der Waals surface area contributed by atoms with Crippen LogP contribution in [0.3, 0.4) is 0 Å². The van der Waals surface area contributed by atoms with E-state index in [1.54, 1.807) is 0 Å². The maximum Gasteiger partial charge on any atom is 0.0672 e. The highest BCUT2D eigenvalue weighted by Crippen LogP contribution is 2.28. The van der Waals surface area contributed by atoms with Crippen molar-refractivity contribution >= 4 is 15.9 Å². The molecule has 0 radical (unpaired) electrons. The number of aryl methyl sites for hydroxylation is 1. The largest absolute Gasteiger partial charge is 0.377 e. The zero-order valence-corrected chi connectivity index (χ0v) is 10.7. The molecule has 0 amide bonds. The van der Waals surface area contributed by atoms with E-state index >= 15 is 0 Å². The minimum absolute atomic E-state index is 0.423. The molecule has 1 aliphatic rings. The molecule has 0 spiro atoms. The van der Waals surface area contributed by atoms with Crippen molar-refractivity contribution < 1.29 is 4.74 Å². The lowest BCUT2D eigenvalue weighted by Gasteiger charge is -2.28. The monoisotopic (exact) mass is 268 g/mol.